The van der Waals surface area contributed by atoms with Crippen LogP contribution in [-0.2, 0) is 9.31 Å². The number of anilines is 1. The van der Waals surface area contributed by atoms with Gasteiger partial charge in [0.05, 0.1) is 11.2 Å². The van der Waals surface area contributed by atoms with E-state index in [0.717, 1.165) is 5.46 Å². The zero-order valence-corrected chi connectivity index (χ0v) is 14.3. The van der Waals surface area contributed by atoms with Gasteiger partial charge in [-0.05, 0) is 56.1 Å². The third kappa shape index (κ3) is 2.51. The molecular formula is C18H24BNO2. The van der Waals surface area contributed by atoms with Crippen LogP contribution >= 0.6 is 0 Å². The third-order valence-electron chi connectivity index (χ3n) is 4.89. The average Bonchev–Trinajstić information content (AvgIpc) is 2.66. The van der Waals surface area contributed by atoms with Crippen molar-refractivity contribution in [2.45, 2.75) is 38.9 Å². The molecule has 116 valence electrons. The molecule has 4 heteroatoms. The normalized spacial score (nSPS) is 19.6. The molecule has 1 saturated heterocycles. The SMILES string of the molecule is CN(C)c1ccc2cc(B3OC(C)(C)C(C)(C)O3)ccc2c1. The number of benzene rings is 2. The second-order valence-corrected chi connectivity index (χ2v) is 7.27. The van der Waals surface area contributed by atoms with Crippen LogP contribution < -0.4 is 10.4 Å². The molecule has 0 aliphatic carbocycles. The summed E-state index contributed by atoms with van der Waals surface area (Å²) in [5.41, 5.74) is 1.67. The zero-order chi connectivity index (χ0) is 16.1. The molecule has 22 heavy (non-hydrogen) atoms. The van der Waals surface area contributed by atoms with E-state index in [1.165, 1.54) is 16.5 Å². The van der Waals surface area contributed by atoms with E-state index in [1.54, 1.807) is 0 Å². The minimum absolute atomic E-state index is 0.303. The van der Waals surface area contributed by atoms with E-state index in [-0.39, 0.29) is 18.3 Å². The first kappa shape index (κ1) is 15.4. The molecule has 1 heterocycles. The number of hydrogen-bond acceptors (Lipinski definition) is 3. The summed E-state index contributed by atoms with van der Waals surface area (Å²) in [5, 5.41) is 2.43. The predicted molar refractivity (Wildman–Crippen MR) is 94.0 cm³/mol. The molecule has 3 nitrogen and oxygen atoms in total. The molecule has 0 saturated carbocycles. The maximum absolute atomic E-state index is 6.13. The van der Waals surface area contributed by atoms with Crippen LogP contribution in [-0.4, -0.2) is 32.4 Å². The van der Waals surface area contributed by atoms with Crippen molar-refractivity contribution in [2.75, 3.05) is 19.0 Å². The molecule has 0 unspecified atom stereocenters. The van der Waals surface area contributed by atoms with Gasteiger partial charge < -0.3 is 14.2 Å². The lowest BCUT2D eigenvalue weighted by molar-refractivity contribution is 0.00578. The van der Waals surface area contributed by atoms with E-state index in [1.807, 2.05) is 0 Å². The summed E-state index contributed by atoms with van der Waals surface area (Å²) in [4.78, 5) is 2.11. The Morgan fingerprint density at radius 2 is 1.36 bits per heavy atom. The minimum atomic E-state index is -0.304. The van der Waals surface area contributed by atoms with Gasteiger partial charge in [-0.25, -0.2) is 0 Å². The van der Waals surface area contributed by atoms with Crippen LogP contribution in [0.1, 0.15) is 27.7 Å². The van der Waals surface area contributed by atoms with Crippen LogP contribution in [0.15, 0.2) is 36.4 Å². The number of rotatable bonds is 2. The fraction of sp³-hybridized carbons (Fsp3) is 0.444. The number of nitrogens with zero attached hydrogens (tertiary/aromatic N) is 1. The Morgan fingerprint density at radius 1 is 0.818 bits per heavy atom. The summed E-state index contributed by atoms with van der Waals surface area (Å²) in [6.45, 7) is 8.32. The Bertz CT molecular complexity index is 693. The van der Waals surface area contributed by atoms with E-state index in [9.17, 15) is 0 Å². The molecule has 1 aliphatic rings. The van der Waals surface area contributed by atoms with Crippen molar-refractivity contribution in [1.82, 2.24) is 0 Å². The molecule has 3 rings (SSSR count). The van der Waals surface area contributed by atoms with Gasteiger partial charge >= 0.3 is 7.12 Å². The van der Waals surface area contributed by atoms with Gasteiger partial charge in [-0.1, -0.05) is 24.3 Å². The summed E-state index contributed by atoms with van der Waals surface area (Å²) in [5.74, 6) is 0. The van der Waals surface area contributed by atoms with Gasteiger partial charge in [0.2, 0.25) is 0 Å². The van der Waals surface area contributed by atoms with Gasteiger partial charge in [0, 0.05) is 19.8 Å². The van der Waals surface area contributed by atoms with Gasteiger partial charge in [-0.2, -0.15) is 0 Å². The number of fused-ring (bicyclic) bond motifs is 1. The average molecular weight is 297 g/mol. The fourth-order valence-electron chi connectivity index (χ4n) is 2.66. The smallest absolute Gasteiger partial charge is 0.399 e. The molecule has 1 fully saturated rings. The topological polar surface area (TPSA) is 21.7 Å². The minimum Gasteiger partial charge on any atom is -0.399 e. The van der Waals surface area contributed by atoms with Crippen LogP contribution in [0.4, 0.5) is 5.69 Å². The molecule has 0 radical (unpaired) electrons. The van der Waals surface area contributed by atoms with Gasteiger partial charge in [0.25, 0.3) is 0 Å². The first-order chi connectivity index (χ1) is 10.2. The Labute approximate surface area is 133 Å². The van der Waals surface area contributed by atoms with Crippen molar-refractivity contribution in [3.63, 3.8) is 0 Å². The lowest BCUT2D eigenvalue weighted by Gasteiger charge is -2.32. The summed E-state index contributed by atoms with van der Waals surface area (Å²) >= 11 is 0. The van der Waals surface area contributed by atoms with E-state index in [4.69, 9.17) is 9.31 Å². The molecule has 2 aromatic carbocycles. The highest BCUT2D eigenvalue weighted by atomic mass is 16.7. The first-order valence-electron chi connectivity index (χ1n) is 7.76. The van der Waals surface area contributed by atoms with Crippen LogP contribution in [0.5, 0.6) is 0 Å². The highest BCUT2D eigenvalue weighted by Gasteiger charge is 2.51. The standard InChI is InChI=1S/C18H24BNO2/c1-17(2)18(3,4)22-19(21-17)15-9-7-14-12-16(20(5)6)10-8-13(14)11-15/h7-12H,1-6H3. The number of hydrogen-bond donors (Lipinski definition) is 0. The van der Waals surface area contributed by atoms with Crippen molar-refractivity contribution in [1.29, 1.82) is 0 Å². The predicted octanol–water partition coefficient (Wildman–Crippen LogP) is 3.21. The van der Waals surface area contributed by atoms with Crippen molar-refractivity contribution in [3.05, 3.63) is 36.4 Å². The van der Waals surface area contributed by atoms with Crippen molar-refractivity contribution in [3.8, 4) is 0 Å². The summed E-state index contributed by atoms with van der Waals surface area (Å²) < 4.78 is 12.3. The van der Waals surface area contributed by atoms with E-state index < -0.39 is 0 Å². The van der Waals surface area contributed by atoms with E-state index >= 15 is 0 Å². The highest BCUT2D eigenvalue weighted by Crippen LogP contribution is 2.36. The zero-order valence-electron chi connectivity index (χ0n) is 14.3. The Balaban J connectivity index is 1.95. The largest absolute Gasteiger partial charge is 0.494 e. The first-order valence-corrected chi connectivity index (χ1v) is 7.76. The summed E-state index contributed by atoms with van der Waals surface area (Å²) in [6.07, 6.45) is 0. The van der Waals surface area contributed by atoms with Crippen LogP contribution in [0.2, 0.25) is 0 Å². The molecule has 0 aromatic heterocycles. The third-order valence-corrected chi connectivity index (χ3v) is 4.89. The molecule has 1 aliphatic heterocycles. The molecule has 0 spiro atoms. The van der Waals surface area contributed by atoms with Crippen LogP contribution in [0, 0.1) is 0 Å². The quantitative estimate of drug-likeness (QED) is 0.795. The second kappa shape index (κ2) is 5.00. The molecule has 2 aromatic rings. The van der Waals surface area contributed by atoms with Gasteiger partial charge in [-0.15, -0.1) is 0 Å². The lowest BCUT2D eigenvalue weighted by atomic mass is 9.78. The molecule has 0 atom stereocenters. The van der Waals surface area contributed by atoms with Crippen molar-refractivity contribution < 1.29 is 9.31 Å². The van der Waals surface area contributed by atoms with Gasteiger partial charge in [0.15, 0.2) is 0 Å². The highest BCUT2D eigenvalue weighted by molar-refractivity contribution is 6.62. The van der Waals surface area contributed by atoms with Crippen LogP contribution in [0.25, 0.3) is 10.8 Å². The van der Waals surface area contributed by atoms with Crippen molar-refractivity contribution >= 4 is 29.0 Å². The van der Waals surface area contributed by atoms with E-state index in [0.29, 0.717) is 0 Å². The maximum Gasteiger partial charge on any atom is 0.494 e. The van der Waals surface area contributed by atoms with Gasteiger partial charge in [-0.3, -0.25) is 0 Å². The monoisotopic (exact) mass is 297 g/mol. The molecular weight excluding hydrogens is 273 g/mol. The van der Waals surface area contributed by atoms with Crippen molar-refractivity contribution in [2.24, 2.45) is 0 Å². The second-order valence-electron chi connectivity index (χ2n) is 7.27. The maximum atomic E-state index is 6.13. The Kier molecular flexibility index (Phi) is 3.50. The lowest BCUT2D eigenvalue weighted by Crippen LogP contribution is -2.41. The summed E-state index contributed by atoms with van der Waals surface area (Å²) in [7, 11) is 3.81. The molecule has 0 amide bonds. The van der Waals surface area contributed by atoms with E-state index in [2.05, 4.69) is 83.1 Å². The Morgan fingerprint density at radius 3 is 1.95 bits per heavy atom. The Hall–Kier alpha value is -1.52. The fourth-order valence-corrected chi connectivity index (χ4v) is 2.66. The van der Waals surface area contributed by atoms with Gasteiger partial charge in [0.1, 0.15) is 0 Å². The van der Waals surface area contributed by atoms with Crippen LogP contribution in [0.3, 0.4) is 0 Å². The molecule has 0 N–H and O–H groups in total. The molecule has 0 bridgehead atoms. The summed E-state index contributed by atoms with van der Waals surface area (Å²) in [6, 6.07) is 12.9.